The zero-order valence-electron chi connectivity index (χ0n) is 11.3. The van der Waals surface area contributed by atoms with Gasteiger partial charge in [-0.25, -0.2) is 0 Å². The summed E-state index contributed by atoms with van der Waals surface area (Å²) in [6.07, 6.45) is 0. The van der Waals surface area contributed by atoms with Gasteiger partial charge in [0, 0.05) is 25.0 Å². The van der Waals surface area contributed by atoms with E-state index in [1.54, 1.807) is 0 Å². The van der Waals surface area contributed by atoms with E-state index < -0.39 is 0 Å². The molecule has 2 heteroatoms. The van der Waals surface area contributed by atoms with Gasteiger partial charge in [-0.15, -0.1) is 0 Å². The second kappa shape index (κ2) is 5.23. The van der Waals surface area contributed by atoms with E-state index >= 15 is 0 Å². The standard InChI is InChI=1S/C16H20N2/c1-12-8-9-14(11-17)16(10-12)18(3)15-7-5-4-6-13(15)2/h4-10H,11,17H2,1-3H3. The highest BCUT2D eigenvalue weighted by Crippen LogP contribution is 2.29. The van der Waals surface area contributed by atoms with E-state index in [1.165, 1.54) is 28.1 Å². The first-order chi connectivity index (χ1) is 8.63. The lowest BCUT2D eigenvalue weighted by Crippen LogP contribution is -2.14. The number of rotatable bonds is 3. The zero-order chi connectivity index (χ0) is 13.1. The van der Waals surface area contributed by atoms with Gasteiger partial charge in [0.1, 0.15) is 0 Å². The molecule has 0 heterocycles. The lowest BCUT2D eigenvalue weighted by atomic mass is 10.1. The van der Waals surface area contributed by atoms with E-state index in [4.69, 9.17) is 5.73 Å². The van der Waals surface area contributed by atoms with Gasteiger partial charge in [-0.3, -0.25) is 0 Å². The van der Waals surface area contributed by atoms with E-state index in [0.29, 0.717) is 6.54 Å². The van der Waals surface area contributed by atoms with Crippen molar-refractivity contribution in [1.82, 2.24) is 0 Å². The maximum Gasteiger partial charge on any atom is 0.0456 e. The number of benzene rings is 2. The Morgan fingerprint density at radius 2 is 1.72 bits per heavy atom. The minimum atomic E-state index is 0.561. The molecule has 2 aromatic rings. The summed E-state index contributed by atoms with van der Waals surface area (Å²) in [4.78, 5) is 2.21. The monoisotopic (exact) mass is 240 g/mol. The molecule has 0 aliphatic rings. The van der Waals surface area contributed by atoms with Gasteiger partial charge in [-0.05, 0) is 42.7 Å². The van der Waals surface area contributed by atoms with Crippen molar-refractivity contribution in [2.75, 3.05) is 11.9 Å². The Balaban J connectivity index is 2.48. The van der Waals surface area contributed by atoms with Gasteiger partial charge in [0.25, 0.3) is 0 Å². The first-order valence-electron chi connectivity index (χ1n) is 6.22. The van der Waals surface area contributed by atoms with Crippen LogP contribution in [0.1, 0.15) is 16.7 Å². The van der Waals surface area contributed by atoms with Gasteiger partial charge in [0.05, 0.1) is 0 Å². The third kappa shape index (κ3) is 2.39. The number of nitrogens with zero attached hydrogens (tertiary/aromatic N) is 1. The van der Waals surface area contributed by atoms with Gasteiger partial charge >= 0.3 is 0 Å². The topological polar surface area (TPSA) is 29.3 Å². The van der Waals surface area contributed by atoms with Gasteiger partial charge < -0.3 is 10.6 Å². The molecule has 0 aliphatic carbocycles. The predicted octanol–water partition coefficient (Wildman–Crippen LogP) is 3.53. The maximum atomic E-state index is 5.83. The van der Waals surface area contributed by atoms with Crippen LogP contribution in [0.4, 0.5) is 11.4 Å². The van der Waals surface area contributed by atoms with E-state index in [0.717, 1.165) is 0 Å². The molecule has 0 amide bonds. The fourth-order valence-electron chi connectivity index (χ4n) is 2.23. The highest BCUT2D eigenvalue weighted by Gasteiger charge is 2.10. The van der Waals surface area contributed by atoms with Crippen LogP contribution in [-0.4, -0.2) is 7.05 Å². The lowest BCUT2D eigenvalue weighted by Gasteiger charge is -2.24. The first-order valence-corrected chi connectivity index (χ1v) is 6.22. The van der Waals surface area contributed by atoms with Crippen LogP contribution < -0.4 is 10.6 Å². The Kier molecular flexibility index (Phi) is 3.68. The van der Waals surface area contributed by atoms with E-state index in [1.807, 2.05) is 0 Å². The Morgan fingerprint density at radius 1 is 1.00 bits per heavy atom. The minimum Gasteiger partial charge on any atom is -0.344 e. The van der Waals surface area contributed by atoms with Gasteiger partial charge in [0.15, 0.2) is 0 Å². The molecule has 0 spiro atoms. The summed E-state index contributed by atoms with van der Waals surface area (Å²) in [7, 11) is 2.09. The van der Waals surface area contributed by atoms with Crippen molar-refractivity contribution in [3.05, 3.63) is 59.2 Å². The molecule has 0 aliphatic heterocycles. The van der Waals surface area contributed by atoms with Crippen LogP contribution in [0.25, 0.3) is 0 Å². The van der Waals surface area contributed by atoms with Crippen molar-refractivity contribution in [1.29, 1.82) is 0 Å². The van der Waals surface area contributed by atoms with Crippen molar-refractivity contribution >= 4 is 11.4 Å². The number of anilines is 2. The molecule has 0 saturated carbocycles. The summed E-state index contributed by atoms with van der Waals surface area (Å²) in [6.45, 7) is 4.80. The highest BCUT2D eigenvalue weighted by molar-refractivity contribution is 5.68. The second-order valence-corrected chi connectivity index (χ2v) is 4.68. The molecule has 0 radical (unpaired) electrons. The molecule has 94 valence electrons. The maximum absolute atomic E-state index is 5.83. The number of nitrogens with two attached hydrogens (primary N) is 1. The lowest BCUT2D eigenvalue weighted by molar-refractivity contribution is 1.04. The number of hydrogen-bond donors (Lipinski definition) is 1. The SMILES string of the molecule is Cc1ccc(CN)c(N(C)c2ccccc2C)c1. The molecule has 0 unspecified atom stereocenters. The van der Waals surface area contributed by atoms with Gasteiger partial charge in [0.2, 0.25) is 0 Å². The van der Waals surface area contributed by atoms with Crippen molar-refractivity contribution in [3.8, 4) is 0 Å². The van der Waals surface area contributed by atoms with Crippen molar-refractivity contribution in [3.63, 3.8) is 0 Å². The van der Waals surface area contributed by atoms with E-state index in [9.17, 15) is 0 Å². The number of hydrogen-bond acceptors (Lipinski definition) is 2. The molecule has 0 fully saturated rings. The summed E-state index contributed by atoms with van der Waals surface area (Å²) in [5.41, 5.74) is 11.9. The van der Waals surface area contributed by atoms with Crippen molar-refractivity contribution < 1.29 is 0 Å². The normalized spacial score (nSPS) is 10.4. The summed E-state index contributed by atoms with van der Waals surface area (Å²) in [5, 5.41) is 0. The number of para-hydroxylation sites is 1. The molecular weight excluding hydrogens is 220 g/mol. The fourth-order valence-corrected chi connectivity index (χ4v) is 2.23. The third-order valence-electron chi connectivity index (χ3n) is 3.30. The molecule has 2 nitrogen and oxygen atoms in total. The number of aryl methyl sites for hydroxylation is 2. The quantitative estimate of drug-likeness (QED) is 0.889. The van der Waals surface area contributed by atoms with Crippen LogP contribution in [0.2, 0.25) is 0 Å². The summed E-state index contributed by atoms with van der Waals surface area (Å²) < 4.78 is 0. The molecule has 0 bridgehead atoms. The average Bonchev–Trinajstić information content (AvgIpc) is 2.38. The van der Waals surface area contributed by atoms with Crippen LogP contribution >= 0.6 is 0 Å². The van der Waals surface area contributed by atoms with Crippen LogP contribution in [0.5, 0.6) is 0 Å². The Morgan fingerprint density at radius 3 is 2.39 bits per heavy atom. The molecule has 0 aromatic heterocycles. The molecular formula is C16H20N2. The average molecular weight is 240 g/mol. The predicted molar refractivity (Wildman–Crippen MR) is 78.3 cm³/mol. The Hall–Kier alpha value is -1.80. The highest BCUT2D eigenvalue weighted by atomic mass is 15.1. The third-order valence-corrected chi connectivity index (χ3v) is 3.30. The Bertz CT molecular complexity index is 547. The fraction of sp³-hybridized carbons (Fsp3) is 0.250. The van der Waals surface area contributed by atoms with Crippen LogP contribution in [0.3, 0.4) is 0 Å². The van der Waals surface area contributed by atoms with Crippen LogP contribution in [0, 0.1) is 13.8 Å². The molecule has 2 N–H and O–H groups in total. The second-order valence-electron chi connectivity index (χ2n) is 4.68. The molecule has 18 heavy (non-hydrogen) atoms. The first kappa shape index (κ1) is 12.7. The van der Waals surface area contributed by atoms with Gasteiger partial charge in [-0.2, -0.15) is 0 Å². The van der Waals surface area contributed by atoms with Crippen LogP contribution in [-0.2, 0) is 6.54 Å². The molecule has 0 saturated heterocycles. The zero-order valence-corrected chi connectivity index (χ0v) is 11.3. The van der Waals surface area contributed by atoms with E-state index in [2.05, 4.69) is 68.3 Å². The smallest absolute Gasteiger partial charge is 0.0456 e. The molecule has 2 aromatic carbocycles. The molecule has 0 atom stereocenters. The molecule has 2 rings (SSSR count). The van der Waals surface area contributed by atoms with E-state index in [-0.39, 0.29) is 0 Å². The summed E-state index contributed by atoms with van der Waals surface area (Å²) >= 11 is 0. The van der Waals surface area contributed by atoms with Crippen LogP contribution in [0.15, 0.2) is 42.5 Å². The largest absolute Gasteiger partial charge is 0.344 e. The van der Waals surface area contributed by atoms with Crippen molar-refractivity contribution in [2.45, 2.75) is 20.4 Å². The Labute approximate surface area is 109 Å². The van der Waals surface area contributed by atoms with Gasteiger partial charge in [-0.1, -0.05) is 30.3 Å². The summed E-state index contributed by atoms with van der Waals surface area (Å²) in [6, 6.07) is 14.8. The minimum absolute atomic E-state index is 0.561. The van der Waals surface area contributed by atoms with Crippen molar-refractivity contribution in [2.24, 2.45) is 5.73 Å². The summed E-state index contributed by atoms with van der Waals surface area (Å²) in [5.74, 6) is 0.